The Morgan fingerprint density at radius 3 is 2.91 bits per heavy atom. The number of amides is 1. The van der Waals surface area contributed by atoms with Crippen LogP contribution in [0.5, 0.6) is 0 Å². The molecule has 0 aliphatic carbocycles. The van der Waals surface area contributed by atoms with Crippen molar-refractivity contribution in [1.29, 1.82) is 0 Å². The maximum atomic E-state index is 13.1. The number of aliphatic hydroxyl groups excluding tert-OH is 1. The van der Waals surface area contributed by atoms with Crippen molar-refractivity contribution in [3.8, 4) is 0 Å². The Balaban J connectivity index is 1.93. The van der Waals surface area contributed by atoms with Crippen molar-refractivity contribution in [1.82, 2.24) is 9.88 Å². The molecule has 1 amide bonds. The van der Waals surface area contributed by atoms with Crippen molar-refractivity contribution < 1.29 is 14.3 Å². The highest BCUT2D eigenvalue weighted by Gasteiger charge is 2.17. The monoisotopic (exact) mass is 322 g/mol. The minimum atomic E-state index is -1.01. The van der Waals surface area contributed by atoms with Gasteiger partial charge in [-0.3, -0.25) is 4.79 Å². The molecule has 0 radical (unpaired) electrons. The third-order valence-electron chi connectivity index (χ3n) is 3.35. The van der Waals surface area contributed by atoms with Crippen LogP contribution < -0.4 is 0 Å². The summed E-state index contributed by atoms with van der Waals surface area (Å²) in [6, 6.07) is 5.67. The summed E-state index contributed by atoms with van der Waals surface area (Å²) in [6.45, 7) is 2.47. The summed E-state index contributed by atoms with van der Waals surface area (Å²) in [5.74, 6) is -0.628. The molecule has 1 aromatic carbocycles. The molecule has 0 saturated heterocycles. The predicted molar refractivity (Wildman–Crippen MR) is 83.9 cm³/mol. The lowest BCUT2D eigenvalue weighted by Gasteiger charge is -2.18. The van der Waals surface area contributed by atoms with E-state index >= 15 is 0 Å². The smallest absolute Gasteiger partial charge is 0.225 e. The Bertz CT molecular complexity index is 645. The SMILES string of the molecule is CCc1cnc(CN(C)C(=O)CC(O)c2cccc(F)c2)s1. The lowest BCUT2D eigenvalue weighted by molar-refractivity contribution is -0.132. The van der Waals surface area contributed by atoms with Crippen molar-refractivity contribution >= 4 is 17.2 Å². The molecule has 2 aromatic rings. The molecule has 0 aliphatic heterocycles. The number of hydrogen-bond acceptors (Lipinski definition) is 4. The Morgan fingerprint density at radius 1 is 1.50 bits per heavy atom. The number of aliphatic hydroxyl groups is 1. The maximum absolute atomic E-state index is 13.1. The second kappa shape index (κ2) is 7.47. The number of aryl methyl sites for hydroxylation is 1. The van der Waals surface area contributed by atoms with Crippen LogP contribution >= 0.6 is 11.3 Å². The summed E-state index contributed by atoms with van der Waals surface area (Å²) in [7, 11) is 1.67. The molecule has 1 unspecified atom stereocenters. The van der Waals surface area contributed by atoms with Crippen LogP contribution in [0.4, 0.5) is 4.39 Å². The number of hydrogen-bond donors (Lipinski definition) is 1. The van der Waals surface area contributed by atoms with E-state index < -0.39 is 11.9 Å². The molecule has 0 aliphatic rings. The van der Waals surface area contributed by atoms with E-state index in [9.17, 15) is 14.3 Å². The molecular weight excluding hydrogens is 303 g/mol. The van der Waals surface area contributed by atoms with Crippen LogP contribution in [-0.2, 0) is 17.8 Å². The van der Waals surface area contributed by atoms with Crippen LogP contribution in [-0.4, -0.2) is 27.9 Å². The van der Waals surface area contributed by atoms with Crippen molar-refractivity contribution in [2.24, 2.45) is 0 Å². The van der Waals surface area contributed by atoms with Crippen molar-refractivity contribution in [3.05, 3.63) is 51.7 Å². The molecule has 2 rings (SSSR count). The van der Waals surface area contributed by atoms with E-state index in [0.29, 0.717) is 12.1 Å². The van der Waals surface area contributed by atoms with Crippen LogP contribution in [0.2, 0.25) is 0 Å². The van der Waals surface area contributed by atoms with E-state index in [1.807, 2.05) is 6.20 Å². The van der Waals surface area contributed by atoms with E-state index in [1.165, 1.54) is 28.0 Å². The number of carbonyl (C=O) groups is 1. The fourth-order valence-electron chi connectivity index (χ4n) is 2.03. The van der Waals surface area contributed by atoms with Gasteiger partial charge in [0.2, 0.25) is 5.91 Å². The summed E-state index contributed by atoms with van der Waals surface area (Å²) in [6.07, 6.45) is 1.66. The van der Waals surface area contributed by atoms with Crippen LogP contribution in [0.15, 0.2) is 30.5 Å². The van der Waals surface area contributed by atoms with Crippen molar-refractivity contribution in [3.63, 3.8) is 0 Å². The van der Waals surface area contributed by atoms with Crippen LogP contribution in [0.25, 0.3) is 0 Å². The van der Waals surface area contributed by atoms with Crippen LogP contribution in [0.1, 0.15) is 34.9 Å². The molecule has 1 N–H and O–H groups in total. The maximum Gasteiger partial charge on any atom is 0.225 e. The largest absolute Gasteiger partial charge is 0.388 e. The number of thiazole rings is 1. The van der Waals surface area contributed by atoms with Gasteiger partial charge >= 0.3 is 0 Å². The average molecular weight is 322 g/mol. The first kappa shape index (κ1) is 16.6. The molecule has 4 nitrogen and oxygen atoms in total. The number of benzene rings is 1. The van der Waals surface area contributed by atoms with E-state index in [-0.39, 0.29) is 12.3 Å². The Kier molecular flexibility index (Phi) is 5.63. The second-order valence-corrected chi connectivity index (χ2v) is 6.30. The van der Waals surface area contributed by atoms with Gasteiger partial charge in [-0.05, 0) is 24.1 Å². The normalized spacial score (nSPS) is 12.2. The summed E-state index contributed by atoms with van der Waals surface area (Å²) in [5, 5.41) is 10.9. The van der Waals surface area contributed by atoms with E-state index in [1.54, 1.807) is 24.5 Å². The highest BCUT2D eigenvalue weighted by atomic mass is 32.1. The number of nitrogens with zero attached hydrogens (tertiary/aromatic N) is 2. The summed E-state index contributed by atoms with van der Waals surface area (Å²) in [5.41, 5.74) is 0.407. The molecule has 118 valence electrons. The zero-order valence-electron chi connectivity index (χ0n) is 12.6. The van der Waals surface area contributed by atoms with E-state index in [2.05, 4.69) is 11.9 Å². The van der Waals surface area contributed by atoms with Crippen molar-refractivity contribution in [2.75, 3.05) is 7.05 Å². The summed E-state index contributed by atoms with van der Waals surface area (Å²) < 4.78 is 13.1. The third kappa shape index (κ3) is 4.35. The minimum absolute atomic E-state index is 0.0774. The number of carbonyl (C=O) groups excluding carboxylic acids is 1. The van der Waals surface area contributed by atoms with Crippen LogP contribution in [0.3, 0.4) is 0 Å². The Morgan fingerprint density at radius 2 is 2.27 bits per heavy atom. The molecule has 6 heteroatoms. The molecule has 0 spiro atoms. The molecular formula is C16H19FN2O2S. The van der Waals surface area contributed by atoms with Gasteiger partial charge in [-0.2, -0.15) is 0 Å². The zero-order valence-corrected chi connectivity index (χ0v) is 13.4. The predicted octanol–water partition coefficient (Wildman–Crippen LogP) is 2.93. The highest BCUT2D eigenvalue weighted by molar-refractivity contribution is 7.11. The van der Waals surface area contributed by atoms with Gasteiger partial charge in [0.15, 0.2) is 0 Å². The quantitative estimate of drug-likeness (QED) is 0.889. The van der Waals surface area contributed by atoms with Gasteiger partial charge in [0.05, 0.1) is 19.1 Å². The van der Waals surface area contributed by atoms with E-state index in [0.717, 1.165) is 11.4 Å². The topological polar surface area (TPSA) is 53.4 Å². The van der Waals surface area contributed by atoms with Gasteiger partial charge in [-0.15, -0.1) is 11.3 Å². The van der Waals surface area contributed by atoms with Gasteiger partial charge in [-0.1, -0.05) is 19.1 Å². The number of rotatable bonds is 6. The molecule has 1 heterocycles. The Labute approximate surface area is 133 Å². The Hall–Kier alpha value is -1.79. The first-order chi connectivity index (χ1) is 10.5. The van der Waals surface area contributed by atoms with E-state index in [4.69, 9.17) is 0 Å². The minimum Gasteiger partial charge on any atom is -0.388 e. The molecule has 1 atom stereocenters. The van der Waals surface area contributed by atoms with Gasteiger partial charge in [0, 0.05) is 18.1 Å². The molecule has 1 aromatic heterocycles. The average Bonchev–Trinajstić information content (AvgIpc) is 2.94. The van der Waals surface area contributed by atoms with Crippen molar-refractivity contribution in [2.45, 2.75) is 32.4 Å². The summed E-state index contributed by atoms with van der Waals surface area (Å²) >= 11 is 1.58. The second-order valence-electron chi connectivity index (χ2n) is 5.10. The number of halogens is 1. The fourth-order valence-corrected chi connectivity index (χ4v) is 2.94. The summed E-state index contributed by atoms with van der Waals surface area (Å²) in [4.78, 5) is 19.1. The zero-order chi connectivity index (χ0) is 16.1. The number of aromatic nitrogens is 1. The molecule has 22 heavy (non-hydrogen) atoms. The first-order valence-corrected chi connectivity index (χ1v) is 7.92. The fraction of sp³-hybridized carbons (Fsp3) is 0.375. The van der Waals surface area contributed by atoms with Crippen LogP contribution in [0, 0.1) is 5.82 Å². The highest BCUT2D eigenvalue weighted by Crippen LogP contribution is 2.20. The molecule has 0 fully saturated rings. The van der Waals surface area contributed by atoms with Gasteiger partial charge in [0.25, 0.3) is 0 Å². The van der Waals surface area contributed by atoms with Gasteiger partial charge in [0.1, 0.15) is 10.8 Å². The molecule has 0 bridgehead atoms. The lowest BCUT2D eigenvalue weighted by Crippen LogP contribution is -2.27. The third-order valence-corrected chi connectivity index (χ3v) is 4.48. The first-order valence-electron chi connectivity index (χ1n) is 7.10. The lowest BCUT2D eigenvalue weighted by atomic mass is 10.1. The van der Waals surface area contributed by atoms with Gasteiger partial charge < -0.3 is 10.0 Å². The molecule has 0 saturated carbocycles. The standard InChI is InChI=1S/C16H19FN2O2S/c1-3-13-9-18-15(22-13)10-19(2)16(21)8-14(20)11-5-4-6-12(17)7-11/h4-7,9,14,20H,3,8,10H2,1-2H3. The van der Waals surface area contributed by atoms with Gasteiger partial charge in [-0.25, -0.2) is 9.37 Å².